The normalized spacial score (nSPS) is 10.9. The van der Waals surface area contributed by atoms with Gasteiger partial charge in [-0.15, -0.1) is 0 Å². The summed E-state index contributed by atoms with van der Waals surface area (Å²) < 4.78 is 0. The number of nitrogens with one attached hydrogen (secondary N) is 2. The summed E-state index contributed by atoms with van der Waals surface area (Å²) in [5.74, 6) is -0.101. The van der Waals surface area contributed by atoms with Crippen molar-refractivity contribution in [3.8, 4) is 6.07 Å². The van der Waals surface area contributed by atoms with E-state index in [-0.39, 0.29) is 11.4 Å². The van der Waals surface area contributed by atoms with Gasteiger partial charge in [0, 0.05) is 24.0 Å². The summed E-state index contributed by atoms with van der Waals surface area (Å²) >= 11 is 0. The minimum Gasteiger partial charge on any atom is -0.389 e. The van der Waals surface area contributed by atoms with Gasteiger partial charge in [0.05, 0.1) is 0 Å². The fourth-order valence-corrected chi connectivity index (χ4v) is 1.53. The molecular formula is C16H19N3O2. The standard InChI is InChI=1S/C16H19N3O2/c1-11(2)9-18-10-14(8-17)16(21)19-15-6-4-13(5-7-15)12(3)20/h4-7,10-11,18H,9H2,1-3H3,(H,19,21)/b14-10-. The van der Waals surface area contributed by atoms with Crippen molar-refractivity contribution in [2.45, 2.75) is 20.8 Å². The molecule has 0 heterocycles. The smallest absolute Gasteiger partial charge is 0.267 e. The molecule has 110 valence electrons. The van der Waals surface area contributed by atoms with Crippen molar-refractivity contribution >= 4 is 17.4 Å². The molecular weight excluding hydrogens is 266 g/mol. The summed E-state index contributed by atoms with van der Waals surface area (Å²) in [6.07, 6.45) is 1.42. The molecule has 0 aromatic heterocycles. The number of rotatable bonds is 6. The van der Waals surface area contributed by atoms with E-state index in [1.807, 2.05) is 19.9 Å². The van der Waals surface area contributed by atoms with Crippen LogP contribution >= 0.6 is 0 Å². The summed E-state index contributed by atoms with van der Waals surface area (Å²) in [6, 6.07) is 8.38. The summed E-state index contributed by atoms with van der Waals surface area (Å²) in [4.78, 5) is 23.1. The van der Waals surface area contributed by atoms with Crippen molar-refractivity contribution in [1.82, 2.24) is 5.32 Å². The van der Waals surface area contributed by atoms with Gasteiger partial charge in [0.15, 0.2) is 5.78 Å². The van der Waals surface area contributed by atoms with Crippen LogP contribution in [0.3, 0.4) is 0 Å². The highest BCUT2D eigenvalue weighted by molar-refractivity contribution is 6.06. The molecule has 0 aliphatic rings. The quantitative estimate of drug-likeness (QED) is 0.478. The van der Waals surface area contributed by atoms with Crippen LogP contribution in [0, 0.1) is 17.2 Å². The average Bonchev–Trinajstić information content (AvgIpc) is 2.43. The van der Waals surface area contributed by atoms with Crippen LogP contribution in [-0.2, 0) is 4.79 Å². The number of amides is 1. The van der Waals surface area contributed by atoms with Gasteiger partial charge in [0.25, 0.3) is 5.91 Å². The highest BCUT2D eigenvalue weighted by Gasteiger charge is 2.09. The zero-order valence-electron chi connectivity index (χ0n) is 12.4. The van der Waals surface area contributed by atoms with E-state index in [1.54, 1.807) is 24.3 Å². The first-order chi connectivity index (χ1) is 9.93. The van der Waals surface area contributed by atoms with Crippen LogP contribution < -0.4 is 10.6 Å². The third-order valence-electron chi connectivity index (χ3n) is 2.69. The highest BCUT2D eigenvalue weighted by atomic mass is 16.1. The van der Waals surface area contributed by atoms with Gasteiger partial charge in [-0.3, -0.25) is 9.59 Å². The first-order valence-corrected chi connectivity index (χ1v) is 6.70. The lowest BCUT2D eigenvalue weighted by Gasteiger charge is -2.07. The molecule has 0 saturated heterocycles. The number of nitrogens with zero attached hydrogens (tertiary/aromatic N) is 1. The molecule has 1 amide bonds. The van der Waals surface area contributed by atoms with Crippen LogP contribution in [-0.4, -0.2) is 18.2 Å². The summed E-state index contributed by atoms with van der Waals surface area (Å²) in [5.41, 5.74) is 1.11. The second-order valence-corrected chi connectivity index (χ2v) is 5.06. The lowest BCUT2D eigenvalue weighted by Crippen LogP contribution is -2.19. The third-order valence-corrected chi connectivity index (χ3v) is 2.69. The molecule has 5 heteroatoms. The van der Waals surface area contributed by atoms with Crippen molar-refractivity contribution in [2.24, 2.45) is 5.92 Å². The molecule has 1 rings (SSSR count). The van der Waals surface area contributed by atoms with Gasteiger partial charge in [0.1, 0.15) is 11.6 Å². The van der Waals surface area contributed by atoms with Gasteiger partial charge in [0.2, 0.25) is 0 Å². The second kappa shape index (κ2) is 7.85. The monoisotopic (exact) mass is 285 g/mol. The van der Waals surface area contributed by atoms with E-state index in [0.29, 0.717) is 23.7 Å². The number of anilines is 1. The number of hydrogen-bond donors (Lipinski definition) is 2. The Bertz CT molecular complexity index is 581. The summed E-state index contributed by atoms with van der Waals surface area (Å²) in [6.45, 7) is 6.23. The minimum absolute atomic E-state index is 0.00583. The number of carbonyl (C=O) groups is 2. The van der Waals surface area contributed by atoms with Crippen molar-refractivity contribution in [3.63, 3.8) is 0 Å². The average molecular weight is 285 g/mol. The van der Waals surface area contributed by atoms with Gasteiger partial charge in [-0.2, -0.15) is 5.26 Å². The predicted octanol–water partition coefficient (Wildman–Crippen LogP) is 2.48. The molecule has 0 aliphatic carbocycles. The van der Waals surface area contributed by atoms with Gasteiger partial charge >= 0.3 is 0 Å². The van der Waals surface area contributed by atoms with Crippen LogP contribution in [0.5, 0.6) is 0 Å². The predicted molar refractivity (Wildman–Crippen MR) is 81.6 cm³/mol. The van der Waals surface area contributed by atoms with Crippen LogP contribution in [0.4, 0.5) is 5.69 Å². The van der Waals surface area contributed by atoms with E-state index in [0.717, 1.165) is 0 Å². The highest BCUT2D eigenvalue weighted by Crippen LogP contribution is 2.11. The molecule has 1 aromatic rings. The summed E-state index contributed by atoms with van der Waals surface area (Å²) in [5, 5.41) is 14.5. The topological polar surface area (TPSA) is 82.0 Å². The van der Waals surface area contributed by atoms with Gasteiger partial charge < -0.3 is 10.6 Å². The van der Waals surface area contributed by atoms with E-state index >= 15 is 0 Å². The largest absolute Gasteiger partial charge is 0.389 e. The van der Waals surface area contributed by atoms with Crippen molar-refractivity contribution in [3.05, 3.63) is 41.6 Å². The first kappa shape index (κ1) is 16.4. The molecule has 0 spiro atoms. The van der Waals surface area contributed by atoms with E-state index in [9.17, 15) is 9.59 Å². The molecule has 0 saturated carbocycles. The van der Waals surface area contributed by atoms with E-state index in [1.165, 1.54) is 13.1 Å². The number of carbonyl (C=O) groups excluding carboxylic acids is 2. The lowest BCUT2D eigenvalue weighted by molar-refractivity contribution is -0.112. The molecule has 5 nitrogen and oxygen atoms in total. The maximum absolute atomic E-state index is 11.9. The Kier molecular flexibility index (Phi) is 6.15. The van der Waals surface area contributed by atoms with Crippen LogP contribution in [0.1, 0.15) is 31.1 Å². The SMILES string of the molecule is CC(=O)c1ccc(NC(=O)/C(C#N)=C\NCC(C)C)cc1. The van der Waals surface area contributed by atoms with Crippen LogP contribution in [0.25, 0.3) is 0 Å². The maximum Gasteiger partial charge on any atom is 0.267 e. The molecule has 0 atom stereocenters. The van der Waals surface area contributed by atoms with E-state index in [4.69, 9.17) is 5.26 Å². The Morgan fingerprint density at radius 2 is 1.90 bits per heavy atom. The fraction of sp³-hybridized carbons (Fsp3) is 0.312. The number of nitriles is 1. The Labute approximate surface area is 124 Å². The maximum atomic E-state index is 11.9. The number of ketones is 1. The molecule has 0 radical (unpaired) electrons. The Balaban J connectivity index is 2.70. The van der Waals surface area contributed by atoms with Crippen molar-refractivity contribution in [1.29, 1.82) is 5.26 Å². The molecule has 2 N–H and O–H groups in total. The number of hydrogen-bond acceptors (Lipinski definition) is 4. The zero-order valence-corrected chi connectivity index (χ0v) is 12.4. The zero-order chi connectivity index (χ0) is 15.8. The number of Topliss-reactive ketones (excluding diaryl/α,β-unsaturated/α-hetero) is 1. The van der Waals surface area contributed by atoms with Crippen LogP contribution in [0.2, 0.25) is 0 Å². The van der Waals surface area contributed by atoms with E-state index < -0.39 is 5.91 Å². The van der Waals surface area contributed by atoms with Gasteiger partial charge in [-0.1, -0.05) is 13.8 Å². The first-order valence-electron chi connectivity index (χ1n) is 6.70. The Hall–Kier alpha value is -2.61. The van der Waals surface area contributed by atoms with Gasteiger partial charge in [-0.05, 0) is 37.1 Å². The third kappa shape index (κ3) is 5.49. The molecule has 0 bridgehead atoms. The molecule has 0 aliphatic heterocycles. The number of benzene rings is 1. The van der Waals surface area contributed by atoms with Gasteiger partial charge in [-0.25, -0.2) is 0 Å². The minimum atomic E-state index is -0.482. The second-order valence-electron chi connectivity index (χ2n) is 5.06. The van der Waals surface area contributed by atoms with Crippen molar-refractivity contribution < 1.29 is 9.59 Å². The Morgan fingerprint density at radius 1 is 1.29 bits per heavy atom. The molecule has 1 aromatic carbocycles. The molecule has 21 heavy (non-hydrogen) atoms. The molecule has 0 unspecified atom stereocenters. The summed E-state index contributed by atoms with van der Waals surface area (Å²) in [7, 11) is 0. The Morgan fingerprint density at radius 3 is 2.38 bits per heavy atom. The molecule has 0 fully saturated rings. The van der Waals surface area contributed by atoms with Crippen molar-refractivity contribution in [2.75, 3.05) is 11.9 Å². The van der Waals surface area contributed by atoms with E-state index in [2.05, 4.69) is 10.6 Å². The van der Waals surface area contributed by atoms with Crippen LogP contribution in [0.15, 0.2) is 36.0 Å². The fourth-order valence-electron chi connectivity index (χ4n) is 1.53. The lowest BCUT2D eigenvalue weighted by atomic mass is 10.1.